The second-order valence-electron chi connectivity index (χ2n) is 14.3. The van der Waals surface area contributed by atoms with Gasteiger partial charge in [0.1, 0.15) is 34.8 Å². The predicted octanol–water partition coefficient (Wildman–Crippen LogP) is 6.25. The maximum absolute atomic E-state index is 12.1. The Balaban J connectivity index is 0.000000173. The highest BCUT2D eigenvalue weighted by Crippen LogP contribution is 2.31. The van der Waals surface area contributed by atoms with E-state index in [0.29, 0.717) is 46.2 Å². The highest BCUT2D eigenvalue weighted by Gasteiger charge is 2.27. The number of hydrogen-bond acceptors (Lipinski definition) is 16. The number of nitrogen functional groups attached to an aromatic ring is 2. The first kappa shape index (κ1) is 41.2. The summed E-state index contributed by atoms with van der Waals surface area (Å²) in [4.78, 5) is 44.6. The van der Waals surface area contributed by atoms with Crippen molar-refractivity contribution >= 4 is 69.3 Å². The van der Waals surface area contributed by atoms with Crippen LogP contribution in [-0.2, 0) is 4.84 Å². The van der Waals surface area contributed by atoms with Crippen LogP contribution in [0, 0.1) is 25.7 Å². The molecule has 0 unspecified atom stereocenters. The van der Waals surface area contributed by atoms with Crippen LogP contribution in [0.5, 0.6) is 0 Å². The highest BCUT2D eigenvalue weighted by molar-refractivity contribution is 5.91. The van der Waals surface area contributed by atoms with Crippen molar-refractivity contribution in [3.63, 3.8) is 0 Å². The zero-order chi connectivity index (χ0) is 42.4. The molecule has 2 aliphatic carbocycles. The van der Waals surface area contributed by atoms with Gasteiger partial charge in [0.15, 0.2) is 0 Å². The standard InChI is InChI=1S/C20H22N6O3.C16H16N4O3.C4H8N2O/c1-10-9-15-17(24-20(22)25-18(15)28-10)23-11(2)12-3-7-14(8-4-12)19(27)29-26-16(21)13-5-6-13;1-8-7-12-13(19-16(17)20-14(12)23-8)18-9(2)10-3-5-11(6-4-10)15(21)22;5-4(6-7)3-1-2-3/h3-4,7-9,11,13H,5-6H2,1-2H3,(H2,21,26)(H3,22,23,24,25);3-7,9H,1-2H3,(H,21,22)(H3,17,18,19,20);3,7H,1-2H2,(H2,5,6)/t11-;9-;/m00./s1. The Morgan fingerprint density at radius 3 is 1.54 bits per heavy atom. The van der Waals surface area contributed by atoms with Gasteiger partial charge in [0.25, 0.3) is 0 Å². The van der Waals surface area contributed by atoms with Gasteiger partial charge in [0.2, 0.25) is 23.3 Å². The Kier molecular flexibility index (Phi) is 12.4. The molecular formula is C40H46N12O7. The summed E-state index contributed by atoms with van der Waals surface area (Å²) in [6, 6.07) is 17.2. The van der Waals surface area contributed by atoms with E-state index in [1.807, 2.05) is 52.0 Å². The quantitative estimate of drug-likeness (QED) is 0.0236. The molecule has 0 aliphatic heterocycles. The van der Waals surface area contributed by atoms with Crippen LogP contribution in [0.15, 0.2) is 79.8 Å². The first-order chi connectivity index (χ1) is 28.2. The number of aryl methyl sites for hydroxylation is 2. The largest absolute Gasteiger partial charge is 0.478 e. The number of nitrogens with zero attached hydrogens (tertiary/aromatic N) is 6. The number of nitrogens with one attached hydrogen (secondary N) is 2. The molecule has 4 heterocycles. The smallest absolute Gasteiger partial charge is 0.365 e. The number of carboxylic acids is 1. The number of fused-ring (bicyclic) bond motifs is 2. The number of anilines is 4. The van der Waals surface area contributed by atoms with E-state index < -0.39 is 11.9 Å². The van der Waals surface area contributed by atoms with Gasteiger partial charge in [-0.25, -0.2) is 9.59 Å². The van der Waals surface area contributed by atoms with Crippen LogP contribution in [0.2, 0.25) is 0 Å². The van der Waals surface area contributed by atoms with E-state index in [2.05, 4.69) is 40.9 Å². The van der Waals surface area contributed by atoms with E-state index in [9.17, 15) is 9.59 Å². The molecular weight excluding hydrogens is 761 g/mol. The number of carbonyl (C=O) groups excluding carboxylic acids is 1. The fourth-order valence-electron chi connectivity index (χ4n) is 5.80. The molecule has 308 valence electrons. The lowest BCUT2D eigenvalue weighted by Crippen LogP contribution is -2.15. The molecule has 2 saturated carbocycles. The van der Waals surface area contributed by atoms with Crippen LogP contribution >= 0.6 is 0 Å². The van der Waals surface area contributed by atoms with Crippen LogP contribution in [0.25, 0.3) is 22.2 Å². The minimum Gasteiger partial charge on any atom is -0.478 e. The predicted molar refractivity (Wildman–Crippen MR) is 222 cm³/mol. The van der Waals surface area contributed by atoms with Gasteiger partial charge in [0.05, 0.1) is 21.9 Å². The van der Waals surface area contributed by atoms with Gasteiger partial charge < -0.3 is 57.6 Å². The number of hydrogen-bond donors (Lipinski definition) is 8. The molecule has 8 rings (SSSR count). The molecule has 0 radical (unpaired) electrons. The molecule has 0 amide bonds. The highest BCUT2D eigenvalue weighted by atomic mass is 16.7. The van der Waals surface area contributed by atoms with Gasteiger partial charge >= 0.3 is 11.9 Å². The van der Waals surface area contributed by atoms with Crippen molar-refractivity contribution in [2.75, 3.05) is 22.1 Å². The molecule has 0 saturated heterocycles. The molecule has 59 heavy (non-hydrogen) atoms. The summed E-state index contributed by atoms with van der Waals surface area (Å²) in [6.07, 6.45) is 4.18. The molecule has 2 aromatic carbocycles. The van der Waals surface area contributed by atoms with Gasteiger partial charge in [-0.15, -0.1) is 0 Å². The molecule has 0 spiro atoms. The minimum absolute atomic E-state index is 0.0921. The molecule has 4 aromatic heterocycles. The van der Waals surface area contributed by atoms with Crippen molar-refractivity contribution < 1.29 is 33.6 Å². The van der Waals surface area contributed by atoms with E-state index in [4.69, 9.17) is 46.9 Å². The van der Waals surface area contributed by atoms with Crippen LogP contribution in [0.3, 0.4) is 0 Å². The van der Waals surface area contributed by atoms with Crippen LogP contribution in [0.1, 0.15) is 95.0 Å². The maximum atomic E-state index is 12.1. The van der Waals surface area contributed by atoms with Crippen molar-refractivity contribution in [2.24, 2.45) is 33.6 Å². The topological polar surface area (TPSA) is 315 Å². The summed E-state index contributed by atoms with van der Waals surface area (Å²) >= 11 is 0. The minimum atomic E-state index is -0.948. The van der Waals surface area contributed by atoms with Crippen molar-refractivity contribution in [1.82, 2.24) is 19.9 Å². The monoisotopic (exact) mass is 806 g/mol. The first-order valence-electron chi connectivity index (χ1n) is 18.7. The van der Waals surface area contributed by atoms with Crippen LogP contribution in [0.4, 0.5) is 23.5 Å². The number of carboxylic acid groups (broad SMARTS) is 1. The Morgan fingerprint density at radius 2 is 1.15 bits per heavy atom. The Morgan fingerprint density at radius 1 is 0.729 bits per heavy atom. The van der Waals surface area contributed by atoms with E-state index in [0.717, 1.165) is 59.1 Å². The molecule has 12 N–H and O–H groups in total. The number of rotatable bonds is 11. The van der Waals surface area contributed by atoms with Crippen molar-refractivity contribution in [3.8, 4) is 0 Å². The van der Waals surface area contributed by atoms with Crippen LogP contribution in [-0.4, -0.2) is 53.9 Å². The average Bonchev–Trinajstić information content (AvgIpc) is 4.15. The van der Waals surface area contributed by atoms with Gasteiger partial charge in [-0.1, -0.05) is 34.6 Å². The summed E-state index contributed by atoms with van der Waals surface area (Å²) in [5, 5.41) is 31.6. The van der Waals surface area contributed by atoms with Gasteiger partial charge in [-0.2, -0.15) is 19.9 Å². The lowest BCUT2D eigenvalue weighted by Gasteiger charge is -2.16. The number of nitrogens with two attached hydrogens (primary N) is 4. The van der Waals surface area contributed by atoms with Crippen molar-refractivity contribution in [2.45, 2.75) is 65.5 Å². The van der Waals surface area contributed by atoms with Gasteiger partial charge in [0, 0.05) is 23.9 Å². The average molecular weight is 807 g/mol. The van der Waals surface area contributed by atoms with E-state index in [1.54, 1.807) is 36.4 Å². The second kappa shape index (κ2) is 17.8. The van der Waals surface area contributed by atoms with Crippen molar-refractivity contribution in [3.05, 3.63) is 94.4 Å². The zero-order valence-corrected chi connectivity index (χ0v) is 32.8. The van der Waals surface area contributed by atoms with Gasteiger partial charge in [-0.3, -0.25) is 0 Å². The number of oxime groups is 2. The summed E-state index contributed by atoms with van der Waals surface area (Å²) in [7, 11) is 0. The number of benzene rings is 2. The molecule has 2 fully saturated rings. The number of aromatic nitrogens is 4. The third-order valence-corrected chi connectivity index (χ3v) is 9.42. The molecule has 19 heteroatoms. The summed E-state index contributed by atoms with van der Waals surface area (Å²) in [6.45, 7) is 7.60. The second-order valence-corrected chi connectivity index (χ2v) is 14.3. The van der Waals surface area contributed by atoms with E-state index >= 15 is 0 Å². The first-order valence-corrected chi connectivity index (χ1v) is 18.7. The number of furan rings is 2. The van der Waals surface area contributed by atoms with Gasteiger partial charge in [-0.05, 0) is 101 Å². The maximum Gasteiger partial charge on any atom is 0.365 e. The SMILES string of the molecule is Cc1cc2c(N[C@@H](C)c3ccc(C(=O)O)cc3)nc(N)nc2o1.Cc1cc2c(N[C@@H](C)c3ccc(C(=O)O/N=C(\N)C4CC4)cc3)nc(N)nc2o1.N/C(=N\O)C1CC1. The summed E-state index contributed by atoms with van der Waals surface area (Å²) < 4.78 is 11.0. The Bertz CT molecular complexity index is 2510. The number of carbonyl (C=O) groups is 2. The number of aromatic carboxylic acids is 1. The Labute approximate surface area is 337 Å². The lowest BCUT2D eigenvalue weighted by molar-refractivity contribution is 0.0513. The Hall–Kier alpha value is -7.44. The molecule has 19 nitrogen and oxygen atoms in total. The number of amidine groups is 2. The van der Waals surface area contributed by atoms with Crippen LogP contribution < -0.4 is 33.6 Å². The summed E-state index contributed by atoms with van der Waals surface area (Å²) in [5.74, 6) is 2.79. The normalized spacial score (nSPS) is 15.0. The fraction of sp³-hybridized carbons (Fsp3) is 0.300. The fourth-order valence-corrected chi connectivity index (χ4v) is 5.80. The molecule has 2 aliphatic rings. The van der Waals surface area contributed by atoms with Crippen molar-refractivity contribution in [1.29, 1.82) is 0 Å². The van der Waals surface area contributed by atoms with E-state index in [1.165, 1.54) is 0 Å². The molecule has 6 aromatic rings. The molecule has 0 bridgehead atoms. The third kappa shape index (κ3) is 10.7. The zero-order valence-electron chi connectivity index (χ0n) is 32.8. The lowest BCUT2D eigenvalue weighted by atomic mass is 10.1. The third-order valence-electron chi connectivity index (χ3n) is 9.42. The van der Waals surface area contributed by atoms with E-state index in [-0.39, 0.29) is 35.5 Å². The molecule has 2 atom stereocenters. The summed E-state index contributed by atoms with van der Waals surface area (Å²) in [5.41, 5.74) is 25.8.